The van der Waals surface area contributed by atoms with Crippen molar-refractivity contribution < 1.29 is 0 Å². The smallest absolute Gasteiger partial charge is 0.333 e. The van der Waals surface area contributed by atoms with Crippen LogP contribution in [0.25, 0.3) is 31.3 Å². The molecule has 0 bridgehead atoms. The van der Waals surface area contributed by atoms with Crippen molar-refractivity contribution in [2.75, 3.05) is 10.1 Å². The Morgan fingerprint density at radius 3 is 1.95 bits per heavy atom. The van der Waals surface area contributed by atoms with Gasteiger partial charge in [-0.3, -0.25) is 0 Å². The summed E-state index contributed by atoms with van der Waals surface area (Å²) in [6, 6.07) is 42.7. The summed E-state index contributed by atoms with van der Waals surface area (Å²) in [6.07, 6.45) is 4.81. The molecule has 59 heavy (non-hydrogen) atoms. The van der Waals surface area contributed by atoms with E-state index in [1.54, 1.807) is 0 Å². The van der Waals surface area contributed by atoms with Gasteiger partial charge in [0, 0.05) is 59.5 Å². The fourth-order valence-corrected chi connectivity index (χ4v) is 13.0. The summed E-state index contributed by atoms with van der Waals surface area (Å²) in [5.74, 6) is 0. The fourth-order valence-electron chi connectivity index (χ4n) is 11.7. The van der Waals surface area contributed by atoms with Gasteiger partial charge in [0.15, 0.2) is 0 Å². The molecule has 0 spiro atoms. The average Bonchev–Trinajstić information content (AvgIpc) is 3.59. The average molecular weight is 789 g/mol. The third-order valence-corrected chi connectivity index (χ3v) is 16.9. The van der Waals surface area contributed by atoms with Crippen molar-refractivity contribution in [3.8, 4) is 11.1 Å². The Balaban J connectivity index is 1.21. The molecule has 1 aromatic heterocycles. The molecule has 0 atom stereocenters. The molecule has 296 valence electrons. The minimum absolute atomic E-state index is 0.0162. The molecule has 6 aromatic carbocycles. The fraction of sp³-hybridized carbons (Fsp3) is 0.345. The summed E-state index contributed by atoms with van der Waals surface area (Å²) in [7, 11) is 0. The van der Waals surface area contributed by atoms with Crippen LogP contribution in [-0.2, 0) is 27.1 Å². The van der Waals surface area contributed by atoms with Gasteiger partial charge in [-0.15, -0.1) is 11.3 Å². The van der Waals surface area contributed by atoms with Gasteiger partial charge >= 0.3 is 6.85 Å². The number of rotatable bonds is 3. The molecule has 2 aliphatic carbocycles. The van der Waals surface area contributed by atoms with E-state index in [1.165, 1.54) is 124 Å². The van der Waals surface area contributed by atoms with Gasteiger partial charge in [0.2, 0.25) is 0 Å². The lowest BCUT2D eigenvalue weighted by atomic mass is 9.43. The van der Waals surface area contributed by atoms with Crippen LogP contribution in [0.1, 0.15) is 128 Å². The molecule has 4 aliphatic rings. The summed E-state index contributed by atoms with van der Waals surface area (Å²) in [6.45, 7) is 24.5. The number of benzene rings is 6. The Hall–Kier alpha value is -4.80. The van der Waals surface area contributed by atoms with Crippen LogP contribution in [0.4, 0.5) is 22.7 Å². The number of hydrogen-bond donors (Lipinski definition) is 1. The lowest BCUT2D eigenvalue weighted by molar-refractivity contribution is 0.331. The topological polar surface area (TPSA) is 15.3 Å². The molecule has 0 saturated heterocycles. The maximum atomic E-state index is 4.23. The minimum Gasteiger partial charge on any atom is -0.376 e. The summed E-state index contributed by atoms with van der Waals surface area (Å²) in [5, 5.41) is 6.93. The van der Waals surface area contributed by atoms with Gasteiger partial charge in [-0.1, -0.05) is 142 Å². The van der Waals surface area contributed by atoms with E-state index in [2.05, 4.69) is 189 Å². The van der Waals surface area contributed by atoms with Gasteiger partial charge in [-0.25, -0.2) is 0 Å². The van der Waals surface area contributed by atoms with E-state index in [9.17, 15) is 0 Å². The van der Waals surface area contributed by atoms with Crippen LogP contribution in [-0.4, -0.2) is 6.85 Å². The number of hydrogen-bond acceptors (Lipinski definition) is 3. The van der Waals surface area contributed by atoms with Crippen LogP contribution in [0.5, 0.6) is 0 Å². The molecule has 2 aliphatic heterocycles. The monoisotopic (exact) mass is 788 g/mol. The lowest BCUT2D eigenvalue weighted by Gasteiger charge is -2.47. The number of nitrogens with one attached hydrogen (secondary N) is 1. The van der Waals surface area contributed by atoms with Gasteiger partial charge in [0.25, 0.3) is 0 Å². The van der Waals surface area contributed by atoms with Gasteiger partial charge in [0.1, 0.15) is 0 Å². The summed E-state index contributed by atoms with van der Waals surface area (Å²) >= 11 is 1.97. The van der Waals surface area contributed by atoms with Crippen LogP contribution in [0.2, 0.25) is 0 Å². The van der Waals surface area contributed by atoms with Crippen molar-refractivity contribution in [3.63, 3.8) is 0 Å². The summed E-state index contributed by atoms with van der Waals surface area (Å²) < 4.78 is 2.75. The molecule has 7 aromatic rings. The Labute approximate surface area is 356 Å². The van der Waals surface area contributed by atoms with Crippen LogP contribution < -0.4 is 21.1 Å². The Morgan fingerprint density at radius 2 is 1.24 bits per heavy atom. The van der Waals surface area contributed by atoms with E-state index in [0.717, 1.165) is 0 Å². The third-order valence-electron chi connectivity index (χ3n) is 15.7. The zero-order valence-electron chi connectivity index (χ0n) is 36.7. The first kappa shape index (κ1) is 37.2. The normalized spacial score (nSPS) is 19.0. The highest BCUT2D eigenvalue weighted by atomic mass is 32.1. The maximum absolute atomic E-state index is 4.23. The zero-order valence-corrected chi connectivity index (χ0v) is 37.5. The lowest BCUT2D eigenvalue weighted by Crippen LogP contribution is -2.61. The van der Waals surface area contributed by atoms with Crippen molar-refractivity contribution in [1.82, 2.24) is 0 Å². The highest BCUT2D eigenvalue weighted by molar-refractivity contribution is 7.26. The van der Waals surface area contributed by atoms with E-state index in [4.69, 9.17) is 0 Å². The minimum atomic E-state index is -0.261. The predicted octanol–water partition coefficient (Wildman–Crippen LogP) is 14.1. The highest BCUT2D eigenvalue weighted by Crippen LogP contribution is 2.55. The molecular weight excluding hydrogens is 731 g/mol. The zero-order chi connectivity index (χ0) is 41.0. The number of fused-ring (bicyclic) bond motifs is 10. The van der Waals surface area contributed by atoms with Crippen LogP contribution in [0, 0.1) is 0 Å². The Morgan fingerprint density at radius 1 is 0.610 bits per heavy atom. The quantitative estimate of drug-likeness (QED) is 0.179. The number of anilines is 4. The van der Waals surface area contributed by atoms with Crippen LogP contribution in [0.3, 0.4) is 0 Å². The molecular formula is C55H57BN2S. The maximum Gasteiger partial charge on any atom is 0.333 e. The summed E-state index contributed by atoms with van der Waals surface area (Å²) in [5.41, 5.74) is 19.6. The Bertz CT molecular complexity index is 2910. The van der Waals surface area contributed by atoms with Crippen molar-refractivity contribution in [1.29, 1.82) is 0 Å². The van der Waals surface area contributed by atoms with Crippen molar-refractivity contribution in [2.45, 2.75) is 122 Å². The van der Waals surface area contributed by atoms with Gasteiger partial charge in [-0.05, 0) is 128 Å². The second-order valence-corrected chi connectivity index (χ2v) is 22.6. The van der Waals surface area contributed by atoms with E-state index in [0.29, 0.717) is 0 Å². The molecule has 2 nitrogen and oxygen atoms in total. The van der Waals surface area contributed by atoms with Crippen LogP contribution in [0.15, 0.2) is 109 Å². The molecule has 3 heterocycles. The van der Waals surface area contributed by atoms with E-state index < -0.39 is 0 Å². The first-order valence-corrected chi connectivity index (χ1v) is 22.9. The van der Waals surface area contributed by atoms with Crippen molar-refractivity contribution in [2.24, 2.45) is 0 Å². The first-order valence-electron chi connectivity index (χ1n) is 22.1. The molecule has 4 heteroatoms. The van der Waals surface area contributed by atoms with E-state index >= 15 is 0 Å². The molecule has 0 amide bonds. The van der Waals surface area contributed by atoms with Crippen LogP contribution >= 0.6 is 11.3 Å². The van der Waals surface area contributed by atoms with Gasteiger partial charge in [0.05, 0.1) is 0 Å². The van der Waals surface area contributed by atoms with Crippen molar-refractivity contribution in [3.05, 3.63) is 143 Å². The first-order chi connectivity index (χ1) is 28.0. The van der Waals surface area contributed by atoms with Gasteiger partial charge in [-0.2, -0.15) is 0 Å². The standard InChI is InChI=1S/C55H57BN2S/c1-51(2)25-26-52(3,4)40-29-33(23-24-38(40)51)55(9,10)39-20-16-21-43-49(39)57-44-31-36-35-19-14-15-22-46(35)59-50(36)47-37-30-41-42(54(7,8)28-27-53(41,5)6)32-45(37)58(56(43)48(44)47)34-17-12-11-13-18-34/h11-24,29-32,57H,25-28H2,1-10H3. The molecule has 1 N–H and O–H groups in total. The number of nitrogens with zero attached hydrogens (tertiary/aromatic N) is 1. The summed E-state index contributed by atoms with van der Waals surface area (Å²) in [4.78, 5) is 2.71. The second kappa shape index (κ2) is 12.2. The molecule has 0 radical (unpaired) electrons. The second-order valence-electron chi connectivity index (χ2n) is 21.5. The molecule has 0 fully saturated rings. The number of para-hydroxylation sites is 2. The number of thiophene rings is 1. The molecule has 0 saturated carbocycles. The molecule has 11 rings (SSSR count). The van der Waals surface area contributed by atoms with E-state index in [-0.39, 0.29) is 33.9 Å². The largest absolute Gasteiger partial charge is 0.376 e. The van der Waals surface area contributed by atoms with Crippen molar-refractivity contribution >= 4 is 72.0 Å². The van der Waals surface area contributed by atoms with Gasteiger partial charge < -0.3 is 10.1 Å². The third kappa shape index (κ3) is 5.24. The Kier molecular flexibility index (Phi) is 7.67. The highest BCUT2D eigenvalue weighted by Gasteiger charge is 2.48. The van der Waals surface area contributed by atoms with E-state index in [1.807, 2.05) is 11.3 Å². The predicted molar refractivity (Wildman–Crippen MR) is 257 cm³/mol. The molecule has 0 unspecified atom stereocenters. The SMILES string of the molecule is CC1(C)CCC(C)(C)c2cc(C(C)(C)c3cccc4c3Nc3cc5c(sc6ccccc65)c5c3B4N(c3ccccc3)c3cc4c(cc3-5)C(C)(C)CCC4(C)C)ccc21.